The Hall–Kier alpha value is -2.45. The summed E-state index contributed by atoms with van der Waals surface area (Å²) in [7, 11) is 0. The molecule has 2 aromatic heterocycles. The molecule has 2 aromatic rings. The fraction of sp³-hybridized carbons (Fsp3) is 0.412. The van der Waals surface area contributed by atoms with E-state index in [0.29, 0.717) is 6.54 Å². The average Bonchev–Trinajstić information content (AvgIpc) is 3.10. The average molecular weight is 378 g/mol. The molecule has 1 aliphatic heterocycles. The topological polar surface area (TPSA) is 98.1 Å². The zero-order chi connectivity index (χ0) is 18.5. The van der Waals surface area contributed by atoms with Crippen LogP contribution in [0.25, 0.3) is 0 Å². The van der Waals surface area contributed by atoms with Gasteiger partial charge in [0.05, 0.1) is 12.8 Å². The Balaban J connectivity index is 1.81. The van der Waals surface area contributed by atoms with Crippen molar-refractivity contribution in [2.24, 2.45) is 0 Å². The molecule has 0 aliphatic carbocycles. The summed E-state index contributed by atoms with van der Waals surface area (Å²) in [5.74, 6) is -0.276. The first-order valence-corrected chi connectivity index (χ1v) is 8.77. The lowest BCUT2D eigenvalue weighted by Gasteiger charge is -2.20. The monoisotopic (exact) mass is 377 g/mol. The van der Waals surface area contributed by atoms with Crippen LogP contribution in [-0.2, 0) is 16.1 Å². The molecule has 0 aromatic carbocycles. The molecule has 2 N–H and O–H groups in total. The number of hydrogen-bond donors (Lipinski definition) is 2. The van der Waals surface area contributed by atoms with E-state index in [1.54, 1.807) is 13.1 Å². The summed E-state index contributed by atoms with van der Waals surface area (Å²) < 4.78 is 6.03. The van der Waals surface area contributed by atoms with Crippen LogP contribution in [0.1, 0.15) is 18.5 Å². The number of pyridine rings is 1. The minimum atomic E-state index is -0.525. The summed E-state index contributed by atoms with van der Waals surface area (Å²) in [5.41, 5.74) is 0.480. The highest BCUT2D eigenvalue weighted by atomic mass is 35.5. The molecule has 8 nitrogen and oxygen atoms in total. The first kappa shape index (κ1) is 18.3. The Morgan fingerprint density at radius 2 is 2.27 bits per heavy atom. The van der Waals surface area contributed by atoms with Crippen LogP contribution in [-0.4, -0.2) is 46.2 Å². The number of esters is 1. The van der Waals surface area contributed by atoms with Crippen molar-refractivity contribution in [3.63, 3.8) is 0 Å². The van der Waals surface area contributed by atoms with E-state index in [0.717, 1.165) is 16.8 Å². The molecule has 0 unspecified atom stereocenters. The van der Waals surface area contributed by atoms with E-state index in [9.17, 15) is 9.59 Å². The van der Waals surface area contributed by atoms with Crippen LogP contribution in [0.5, 0.6) is 0 Å². The van der Waals surface area contributed by atoms with Gasteiger partial charge in [-0.1, -0.05) is 17.7 Å². The quantitative estimate of drug-likeness (QED) is 0.725. The van der Waals surface area contributed by atoms with E-state index in [4.69, 9.17) is 16.3 Å². The Labute approximate surface area is 155 Å². The van der Waals surface area contributed by atoms with Gasteiger partial charge in [-0.05, 0) is 19.1 Å². The second-order valence-corrected chi connectivity index (χ2v) is 6.28. The third kappa shape index (κ3) is 4.03. The lowest BCUT2D eigenvalue weighted by atomic mass is 9.99. The van der Waals surface area contributed by atoms with E-state index in [2.05, 4.69) is 20.6 Å². The van der Waals surface area contributed by atoms with Gasteiger partial charge in [0.15, 0.2) is 5.82 Å². The predicted octanol–water partition coefficient (Wildman–Crippen LogP) is 1.02. The van der Waals surface area contributed by atoms with Crippen molar-refractivity contribution in [3.8, 4) is 0 Å². The molecule has 26 heavy (non-hydrogen) atoms. The predicted molar refractivity (Wildman–Crippen MR) is 97.4 cm³/mol. The molecule has 138 valence electrons. The second kappa shape index (κ2) is 8.29. The lowest BCUT2D eigenvalue weighted by Crippen LogP contribution is -2.34. The molecular weight excluding hydrogens is 358 g/mol. The summed E-state index contributed by atoms with van der Waals surface area (Å²) in [6, 6.07) is 5.70. The minimum Gasteiger partial charge on any atom is -0.465 e. The maximum absolute atomic E-state index is 12.7. The molecule has 0 amide bonds. The number of nitrogens with zero attached hydrogens (tertiary/aromatic N) is 3. The lowest BCUT2D eigenvalue weighted by molar-refractivity contribution is -0.143. The minimum absolute atomic E-state index is 0.0534. The smallest absolute Gasteiger partial charge is 0.326 e. The normalized spacial score (nSPS) is 19.3. The number of anilines is 1. The van der Waals surface area contributed by atoms with Gasteiger partial charge < -0.3 is 15.4 Å². The molecule has 0 radical (unpaired) electrons. The zero-order valence-corrected chi connectivity index (χ0v) is 15.1. The molecule has 1 fully saturated rings. The van der Waals surface area contributed by atoms with Gasteiger partial charge in [-0.2, -0.15) is 0 Å². The Bertz CT molecular complexity index is 827. The van der Waals surface area contributed by atoms with Gasteiger partial charge in [-0.3, -0.25) is 19.1 Å². The van der Waals surface area contributed by atoms with Gasteiger partial charge in [0.1, 0.15) is 11.7 Å². The number of hydrogen-bond acceptors (Lipinski definition) is 7. The van der Waals surface area contributed by atoms with Crippen molar-refractivity contribution in [2.45, 2.75) is 25.4 Å². The van der Waals surface area contributed by atoms with Gasteiger partial charge in [0, 0.05) is 36.9 Å². The standard InChI is InChI=1S/C17H20ClN5O3/c1-2-26-15(24)10-23-14(18)9-21-16(17(23)25)22-13-8-19-7-11(13)12-5-3-4-6-20-12/h3-6,9,11,13,19H,2,7-8,10H2,1H3,(H,21,22)/t11-,13+/m0/s1. The van der Waals surface area contributed by atoms with Gasteiger partial charge in [-0.15, -0.1) is 0 Å². The van der Waals surface area contributed by atoms with Crippen LogP contribution in [0, 0.1) is 0 Å². The van der Waals surface area contributed by atoms with Crippen LogP contribution >= 0.6 is 11.6 Å². The molecule has 2 atom stereocenters. The van der Waals surface area contributed by atoms with Crippen molar-refractivity contribution in [3.05, 3.63) is 51.8 Å². The highest BCUT2D eigenvalue weighted by Crippen LogP contribution is 2.23. The number of carbonyl (C=O) groups excluding carboxylic acids is 1. The first-order chi connectivity index (χ1) is 12.6. The van der Waals surface area contributed by atoms with Crippen molar-refractivity contribution in [1.29, 1.82) is 0 Å². The Morgan fingerprint density at radius 1 is 1.42 bits per heavy atom. The summed E-state index contributed by atoms with van der Waals surface area (Å²) in [5, 5.41) is 6.55. The summed E-state index contributed by atoms with van der Waals surface area (Å²) in [6.07, 6.45) is 3.10. The number of aromatic nitrogens is 3. The number of ether oxygens (including phenoxy) is 1. The van der Waals surface area contributed by atoms with Gasteiger partial charge >= 0.3 is 5.97 Å². The van der Waals surface area contributed by atoms with E-state index in [-0.39, 0.29) is 36.1 Å². The molecule has 3 heterocycles. The summed E-state index contributed by atoms with van der Waals surface area (Å²) >= 11 is 6.03. The van der Waals surface area contributed by atoms with Gasteiger partial charge in [0.25, 0.3) is 5.56 Å². The van der Waals surface area contributed by atoms with Crippen LogP contribution in [0.4, 0.5) is 5.82 Å². The van der Waals surface area contributed by atoms with E-state index < -0.39 is 11.5 Å². The highest BCUT2D eigenvalue weighted by molar-refractivity contribution is 6.29. The van der Waals surface area contributed by atoms with Gasteiger partial charge in [0.2, 0.25) is 0 Å². The Kier molecular flexibility index (Phi) is 5.85. The first-order valence-electron chi connectivity index (χ1n) is 8.39. The molecule has 0 saturated carbocycles. The fourth-order valence-electron chi connectivity index (χ4n) is 2.96. The molecule has 1 aliphatic rings. The molecule has 0 spiro atoms. The largest absolute Gasteiger partial charge is 0.465 e. The van der Waals surface area contributed by atoms with Crippen molar-refractivity contribution < 1.29 is 9.53 Å². The maximum atomic E-state index is 12.7. The Morgan fingerprint density at radius 3 is 3.00 bits per heavy atom. The summed E-state index contributed by atoms with van der Waals surface area (Å²) in [4.78, 5) is 32.9. The van der Waals surface area contributed by atoms with Crippen LogP contribution < -0.4 is 16.2 Å². The maximum Gasteiger partial charge on any atom is 0.326 e. The van der Waals surface area contributed by atoms with Crippen molar-refractivity contribution in [1.82, 2.24) is 19.9 Å². The molecule has 0 bridgehead atoms. The van der Waals surface area contributed by atoms with Crippen LogP contribution in [0.3, 0.4) is 0 Å². The third-order valence-corrected chi connectivity index (χ3v) is 4.50. The zero-order valence-electron chi connectivity index (χ0n) is 14.3. The van der Waals surface area contributed by atoms with Crippen molar-refractivity contribution in [2.75, 3.05) is 25.0 Å². The molecule has 3 rings (SSSR count). The SMILES string of the molecule is CCOC(=O)Cn1c(Cl)cnc(N[C@@H]2CNC[C@H]2c2ccccn2)c1=O. The highest BCUT2D eigenvalue weighted by Gasteiger charge is 2.30. The van der Waals surface area contributed by atoms with E-state index >= 15 is 0 Å². The van der Waals surface area contributed by atoms with Gasteiger partial charge in [-0.25, -0.2) is 4.98 Å². The van der Waals surface area contributed by atoms with E-state index in [1.165, 1.54) is 6.20 Å². The number of halogens is 1. The second-order valence-electron chi connectivity index (χ2n) is 5.90. The van der Waals surface area contributed by atoms with E-state index in [1.807, 2.05) is 18.2 Å². The molecular formula is C17H20ClN5O3. The number of nitrogens with one attached hydrogen (secondary N) is 2. The molecule has 1 saturated heterocycles. The van der Waals surface area contributed by atoms with Crippen molar-refractivity contribution >= 4 is 23.4 Å². The van der Waals surface area contributed by atoms with Crippen LogP contribution in [0.2, 0.25) is 5.15 Å². The summed E-state index contributed by atoms with van der Waals surface area (Å²) in [6.45, 7) is 3.10. The third-order valence-electron chi connectivity index (χ3n) is 4.20. The number of carbonyl (C=O) groups is 1. The fourth-order valence-corrected chi connectivity index (χ4v) is 3.15. The number of rotatable bonds is 6. The van der Waals surface area contributed by atoms with Crippen LogP contribution in [0.15, 0.2) is 35.4 Å². The molecule has 9 heteroatoms.